The van der Waals surface area contributed by atoms with Crippen LogP contribution in [0, 0.1) is 11.8 Å². The monoisotopic (exact) mass is 614 g/mol. The Kier molecular flexibility index (Phi) is 6.92. The number of cyclic esters (lactones) is 1. The standard InChI is InChI=1S/C30H35ClN4O6S/c31-22-5-7-25-19(12-22)2-1-10-30(25)17-35-14-20-3-4-21(20)16-40-29(37)32-23-9-11-34(15-23)28(36)33-42(38,39)24-6-8-27(41-18-30)26(35)13-24/h5-8,12-13,20-21,23H,1-4,9-11,14-18H2,(H,32,37)(H,33,36)/t20-,21-,23+,30-/m0/s1. The molecule has 5 aliphatic rings. The molecular weight excluding hydrogens is 580 g/mol. The molecule has 0 unspecified atom stereocenters. The van der Waals surface area contributed by atoms with Crippen molar-refractivity contribution in [2.24, 2.45) is 11.8 Å². The van der Waals surface area contributed by atoms with Gasteiger partial charge in [0.05, 0.1) is 29.8 Å². The third kappa shape index (κ3) is 5.04. The van der Waals surface area contributed by atoms with Crippen LogP contribution in [0.5, 0.6) is 5.75 Å². The number of ether oxygens (including phenoxy) is 2. The van der Waals surface area contributed by atoms with Crippen LogP contribution in [0.2, 0.25) is 5.02 Å². The molecule has 2 fully saturated rings. The number of anilines is 1. The van der Waals surface area contributed by atoms with Gasteiger partial charge < -0.3 is 24.6 Å². The lowest BCUT2D eigenvalue weighted by Crippen LogP contribution is -2.49. The summed E-state index contributed by atoms with van der Waals surface area (Å²) in [6.45, 7) is 2.64. The second kappa shape index (κ2) is 10.5. The number of aryl methyl sites for hydroxylation is 1. The minimum absolute atomic E-state index is 0.0110. The van der Waals surface area contributed by atoms with E-state index in [1.165, 1.54) is 22.1 Å². The highest BCUT2D eigenvalue weighted by Crippen LogP contribution is 2.46. The van der Waals surface area contributed by atoms with Gasteiger partial charge in [0.15, 0.2) is 0 Å². The molecule has 42 heavy (non-hydrogen) atoms. The fourth-order valence-corrected chi connectivity index (χ4v) is 8.52. The Morgan fingerprint density at radius 1 is 0.976 bits per heavy atom. The van der Waals surface area contributed by atoms with Gasteiger partial charge in [-0.2, -0.15) is 0 Å². The Balaban J connectivity index is 1.28. The molecule has 7 rings (SSSR count). The summed E-state index contributed by atoms with van der Waals surface area (Å²) in [5, 5.41) is 3.55. The molecule has 4 atom stereocenters. The topological polar surface area (TPSA) is 117 Å². The quantitative estimate of drug-likeness (QED) is 0.460. The van der Waals surface area contributed by atoms with Crippen molar-refractivity contribution in [2.45, 2.75) is 54.9 Å². The second-order valence-corrected chi connectivity index (χ2v) is 14.5. The van der Waals surface area contributed by atoms with E-state index in [9.17, 15) is 18.0 Å². The van der Waals surface area contributed by atoms with Crippen molar-refractivity contribution in [1.29, 1.82) is 0 Å². The van der Waals surface area contributed by atoms with E-state index in [0.29, 0.717) is 55.7 Å². The summed E-state index contributed by atoms with van der Waals surface area (Å²) in [7, 11) is -4.16. The molecule has 224 valence electrons. The van der Waals surface area contributed by atoms with E-state index in [2.05, 4.69) is 21.0 Å². The minimum Gasteiger partial charge on any atom is -0.490 e. The number of carbonyl (C=O) groups is 2. The number of amides is 3. The molecule has 12 heteroatoms. The molecule has 3 heterocycles. The number of hydrogen-bond acceptors (Lipinski definition) is 7. The zero-order valence-corrected chi connectivity index (χ0v) is 24.9. The number of nitrogens with one attached hydrogen (secondary N) is 2. The first-order valence-electron chi connectivity index (χ1n) is 14.7. The van der Waals surface area contributed by atoms with Crippen LogP contribution >= 0.6 is 11.6 Å². The third-order valence-electron chi connectivity index (χ3n) is 9.80. The van der Waals surface area contributed by atoms with Crippen LogP contribution in [0.1, 0.15) is 43.2 Å². The largest absolute Gasteiger partial charge is 0.490 e. The van der Waals surface area contributed by atoms with Crippen LogP contribution in [0.4, 0.5) is 15.3 Å². The Hall–Kier alpha value is -3.18. The Morgan fingerprint density at radius 2 is 1.83 bits per heavy atom. The molecule has 2 aliphatic carbocycles. The maximum atomic E-state index is 13.5. The fourth-order valence-electron chi connectivity index (χ4n) is 7.33. The highest BCUT2D eigenvalue weighted by molar-refractivity contribution is 7.90. The number of sulfonamides is 1. The number of nitrogens with zero attached hydrogens (tertiary/aromatic N) is 2. The number of urea groups is 1. The number of rotatable bonds is 0. The lowest BCUT2D eigenvalue weighted by atomic mass is 9.69. The van der Waals surface area contributed by atoms with Gasteiger partial charge in [-0.15, -0.1) is 0 Å². The van der Waals surface area contributed by atoms with Gasteiger partial charge in [0, 0.05) is 36.6 Å². The van der Waals surface area contributed by atoms with E-state index >= 15 is 0 Å². The lowest BCUT2D eigenvalue weighted by Gasteiger charge is -2.44. The van der Waals surface area contributed by atoms with Crippen molar-refractivity contribution in [3.63, 3.8) is 0 Å². The Labute approximate surface area is 250 Å². The Morgan fingerprint density at radius 3 is 2.67 bits per heavy atom. The summed E-state index contributed by atoms with van der Waals surface area (Å²) in [4.78, 5) is 29.2. The summed E-state index contributed by atoms with van der Waals surface area (Å²) < 4.78 is 41.3. The summed E-state index contributed by atoms with van der Waals surface area (Å²) in [6, 6.07) is 9.93. The average Bonchev–Trinajstić information content (AvgIpc) is 3.35. The number of fused-ring (bicyclic) bond motifs is 6. The molecular formula is C30H35ClN4O6S. The van der Waals surface area contributed by atoms with Crippen molar-refractivity contribution in [3.8, 4) is 5.75 Å². The van der Waals surface area contributed by atoms with Gasteiger partial charge in [-0.05, 0) is 91.8 Å². The van der Waals surface area contributed by atoms with E-state index < -0.39 is 22.1 Å². The predicted molar refractivity (Wildman–Crippen MR) is 157 cm³/mol. The third-order valence-corrected chi connectivity index (χ3v) is 11.3. The molecule has 1 saturated heterocycles. The molecule has 10 nitrogen and oxygen atoms in total. The molecule has 1 spiro atoms. The molecule has 2 N–H and O–H groups in total. The van der Waals surface area contributed by atoms with E-state index in [1.54, 1.807) is 12.1 Å². The van der Waals surface area contributed by atoms with Crippen molar-refractivity contribution >= 4 is 39.4 Å². The first kappa shape index (κ1) is 27.6. The van der Waals surface area contributed by atoms with Gasteiger partial charge in [0.25, 0.3) is 10.0 Å². The smallest absolute Gasteiger partial charge is 0.407 e. The minimum atomic E-state index is -4.16. The molecule has 1 saturated carbocycles. The first-order chi connectivity index (χ1) is 20.2. The van der Waals surface area contributed by atoms with Crippen LogP contribution in [0.3, 0.4) is 0 Å². The van der Waals surface area contributed by atoms with Crippen LogP contribution in [0.25, 0.3) is 0 Å². The second-order valence-electron chi connectivity index (χ2n) is 12.4. The fraction of sp³-hybridized carbons (Fsp3) is 0.533. The SMILES string of the molecule is O=C1N[C@@H]2CCN(C2)C(=O)NS(=O)(=O)c2ccc3c(c2)N(C[C@@H]2CC[C@H]2CO1)C[C@@]1(CCCc2cc(Cl)ccc21)CO3. The maximum absolute atomic E-state index is 13.5. The zero-order valence-electron chi connectivity index (χ0n) is 23.3. The van der Waals surface area contributed by atoms with Gasteiger partial charge in [0.2, 0.25) is 0 Å². The van der Waals surface area contributed by atoms with E-state index in [1.807, 2.05) is 12.1 Å². The molecule has 4 bridgehead atoms. The van der Waals surface area contributed by atoms with Crippen LogP contribution in [-0.2, 0) is 26.6 Å². The lowest BCUT2D eigenvalue weighted by molar-refractivity contribution is 0.0652. The van der Waals surface area contributed by atoms with Gasteiger partial charge >= 0.3 is 12.1 Å². The van der Waals surface area contributed by atoms with Crippen LogP contribution < -0.4 is 19.7 Å². The molecule has 2 aromatic rings. The van der Waals surface area contributed by atoms with E-state index in [0.717, 1.165) is 32.1 Å². The summed E-state index contributed by atoms with van der Waals surface area (Å²) in [6.07, 6.45) is 4.86. The van der Waals surface area contributed by atoms with Gasteiger partial charge in [-0.3, -0.25) is 0 Å². The predicted octanol–water partition coefficient (Wildman–Crippen LogP) is 4.05. The molecule has 3 aliphatic heterocycles. The highest BCUT2D eigenvalue weighted by Gasteiger charge is 2.44. The normalized spacial score (nSPS) is 30.4. The number of carbonyl (C=O) groups excluding carboxylic acids is 2. The molecule has 3 amide bonds. The van der Waals surface area contributed by atoms with Crippen molar-refractivity contribution in [1.82, 2.24) is 14.9 Å². The summed E-state index contributed by atoms with van der Waals surface area (Å²) in [5.41, 5.74) is 2.84. The number of hydrogen-bond donors (Lipinski definition) is 2. The number of benzene rings is 2. The van der Waals surface area contributed by atoms with Gasteiger partial charge in [0.1, 0.15) is 5.75 Å². The van der Waals surface area contributed by atoms with E-state index in [4.69, 9.17) is 21.1 Å². The molecule has 0 radical (unpaired) electrons. The highest BCUT2D eigenvalue weighted by atomic mass is 35.5. The van der Waals surface area contributed by atoms with Crippen LogP contribution in [-0.4, -0.2) is 70.9 Å². The molecule has 2 aromatic carbocycles. The average molecular weight is 615 g/mol. The number of alkyl carbamates (subject to hydrolysis) is 1. The zero-order chi connectivity index (χ0) is 29.1. The summed E-state index contributed by atoms with van der Waals surface area (Å²) >= 11 is 6.37. The first-order valence-corrected chi connectivity index (χ1v) is 16.6. The van der Waals surface area contributed by atoms with Gasteiger partial charge in [-0.1, -0.05) is 17.7 Å². The van der Waals surface area contributed by atoms with Crippen molar-refractivity contribution in [3.05, 3.63) is 52.5 Å². The summed E-state index contributed by atoms with van der Waals surface area (Å²) in [5.74, 6) is 1.10. The van der Waals surface area contributed by atoms with Gasteiger partial charge in [-0.25, -0.2) is 22.7 Å². The van der Waals surface area contributed by atoms with Crippen molar-refractivity contribution < 1.29 is 27.5 Å². The van der Waals surface area contributed by atoms with Crippen molar-refractivity contribution in [2.75, 3.05) is 44.3 Å². The number of halogens is 1. The van der Waals surface area contributed by atoms with E-state index in [-0.39, 0.29) is 34.7 Å². The van der Waals surface area contributed by atoms with Crippen LogP contribution in [0.15, 0.2) is 41.3 Å². The maximum Gasteiger partial charge on any atom is 0.407 e. The Bertz CT molecular complexity index is 1540. The molecule has 0 aromatic heterocycles.